The van der Waals surface area contributed by atoms with Crippen molar-refractivity contribution >= 4 is 17.3 Å². The monoisotopic (exact) mass is 274 g/mol. The van der Waals surface area contributed by atoms with Crippen LogP contribution in [0.3, 0.4) is 0 Å². The Balaban J connectivity index is 1.98. The molecule has 0 unspecified atom stereocenters. The molecule has 1 aromatic carbocycles. The lowest BCUT2D eigenvalue weighted by atomic mass is 10.2. The van der Waals surface area contributed by atoms with Crippen LogP contribution in [0.15, 0.2) is 18.2 Å². The molecule has 7 heteroatoms. The summed E-state index contributed by atoms with van der Waals surface area (Å²) in [7, 11) is 0. The predicted molar refractivity (Wildman–Crippen MR) is 72.1 cm³/mol. The minimum atomic E-state index is -0.612. The fourth-order valence-corrected chi connectivity index (χ4v) is 1.75. The maximum Gasteiger partial charge on any atom is 0.294 e. The Morgan fingerprint density at radius 2 is 2.25 bits per heavy atom. The minimum absolute atomic E-state index is 0.116. The number of nitrogens with one attached hydrogen (secondary N) is 2. The fraction of sp³-hybridized carbons (Fsp3) is 0.385. The zero-order chi connectivity index (χ0) is 14.5. The zero-order valence-corrected chi connectivity index (χ0v) is 10.8. The van der Waals surface area contributed by atoms with E-state index in [1.54, 1.807) is 0 Å². The predicted octanol–water partition coefficient (Wildman–Crippen LogP) is 1.55. The quantitative estimate of drug-likeness (QED) is 0.604. The van der Waals surface area contributed by atoms with Crippen LogP contribution in [0, 0.1) is 21.4 Å². The summed E-state index contributed by atoms with van der Waals surface area (Å²) in [4.78, 5) is 22.0. The van der Waals surface area contributed by atoms with Crippen molar-refractivity contribution in [2.75, 3.05) is 11.9 Å². The van der Waals surface area contributed by atoms with Crippen molar-refractivity contribution in [1.29, 1.82) is 5.26 Å². The number of nitro benzene ring substituents is 1. The highest BCUT2D eigenvalue weighted by molar-refractivity contribution is 5.93. The fourth-order valence-electron chi connectivity index (χ4n) is 1.75. The van der Waals surface area contributed by atoms with Gasteiger partial charge in [-0.05, 0) is 25.0 Å². The topological polar surface area (TPSA) is 108 Å². The second-order valence-electron chi connectivity index (χ2n) is 4.63. The molecular formula is C13H14N4O3. The first kappa shape index (κ1) is 14.0. The molecule has 1 aromatic rings. The highest BCUT2D eigenvalue weighted by Gasteiger charge is 2.21. The van der Waals surface area contributed by atoms with Crippen LogP contribution in [0.2, 0.25) is 0 Å². The van der Waals surface area contributed by atoms with E-state index >= 15 is 0 Å². The number of nitriles is 1. The summed E-state index contributed by atoms with van der Waals surface area (Å²) in [6.07, 6.45) is 2.54. The van der Waals surface area contributed by atoms with Gasteiger partial charge in [-0.25, -0.2) is 0 Å². The second-order valence-corrected chi connectivity index (χ2v) is 4.63. The first-order valence-corrected chi connectivity index (χ1v) is 6.32. The van der Waals surface area contributed by atoms with Crippen molar-refractivity contribution in [3.63, 3.8) is 0 Å². The summed E-state index contributed by atoms with van der Waals surface area (Å²) < 4.78 is 0. The Hall–Kier alpha value is -2.46. The first-order valence-electron chi connectivity index (χ1n) is 6.32. The SMILES string of the molecule is N#Cc1ccc(NC(=O)CCNC2CC2)c([N+](=O)[O-])c1. The van der Waals surface area contributed by atoms with E-state index in [2.05, 4.69) is 10.6 Å². The van der Waals surface area contributed by atoms with E-state index in [1.807, 2.05) is 6.07 Å². The van der Waals surface area contributed by atoms with Crippen molar-refractivity contribution in [2.45, 2.75) is 25.3 Å². The standard InChI is InChI=1S/C13H14N4O3/c14-8-9-1-4-11(12(7-9)17(19)20)16-13(18)5-6-15-10-2-3-10/h1,4,7,10,15H,2-3,5-6H2,(H,16,18). The highest BCUT2D eigenvalue weighted by Crippen LogP contribution is 2.25. The summed E-state index contributed by atoms with van der Waals surface area (Å²) in [5, 5.41) is 25.3. The molecule has 1 aliphatic rings. The van der Waals surface area contributed by atoms with E-state index in [9.17, 15) is 14.9 Å². The van der Waals surface area contributed by atoms with Gasteiger partial charge < -0.3 is 10.6 Å². The molecule has 0 aliphatic heterocycles. The van der Waals surface area contributed by atoms with E-state index in [0.717, 1.165) is 18.9 Å². The smallest absolute Gasteiger partial charge is 0.294 e. The zero-order valence-electron chi connectivity index (χ0n) is 10.8. The Kier molecular flexibility index (Phi) is 4.27. The molecule has 2 N–H and O–H groups in total. The molecule has 7 nitrogen and oxygen atoms in total. The molecule has 0 aromatic heterocycles. The molecule has 1 saturated carbocycles. The van der Waals surface area contributed by atoms with Crippen LogP contribution in [0.5, 0.6) is 0 Å². The van der Waals surface area contributed by atoms with Crippen LogP contribution < -0.4 is 10.6 Å². The van der Waals surface area contributed by atoms with Gasteiger partial charge in [0.25, 0.3) is 5.69 Å². The summed E-state index contributed by atoms with van der Waals surface area (Å²) in [5.41, 5.74) is 0.0306. The number of nitrogens with zero attached hydrogens (tertiary/aromatic N) is 2. The Bertz CT molecular complexity index is 575. The van der Waals surface area contributed by atoms with Gasteiger partial charge in [0.1, 0.15) is 5.69 Å². The third-order valence-corrected chi connectivity index (χ3v) is 2.96. The van der Waals surface area contributed by atoms with Crippen LogP contribution in [0.4, 0.5) is 11.4 Å². The largest absolute Gasteiger partial charge is 0.320 e. The first-order chi connectivity index (χ1) is 9.60. The van der Waals surface area contributed by atoms with Gasteiger partial charge in [0.05, 0.1) is 16.6 Å². The molecule has 0 heterocycles. The Morgan fingerprint density at radius 1 is 1.50 bits per heavy atom. The van der Waals surface area contributed by atoms with E-state index in [4.69, 9.17) is 5.26 Å². The molecule has 1 fully saturated rings. The third-order valence-electron chi connectivity index (χ3n) is 2.96. The van der Waals surface area contributed by atoms with Crippen molar-refractivity contribution in [1.82, 2.24) is 5.32 Å². The van der Waals surface area contributed by atoms with Crippen LogP contribution in [-0.2, 0) is 4.79 Å². The number of hydrogen-bond donors (Lipinski definition) is 2. The molecule has 0 bridgehead atoms. The lowest BCUT2D eigenvalue weighted by Gasteiger charge is -2.06. The minimum Gasteiger partial charge on any atom is -0.320 e. The van der Waals surface area contributed by atoms with Gasteiger partial charge in [-0.1, -0.05) is 0 Å². The maximum absolute atomic E-state index is 11.7. The van der Waals surface area contributed by atoms with Gasteiger partial charge in [0.15, 0.2) is 0 Å². The molecule has 0 saturated heterocycles. The van der Waals surface area contributed by atoms with Crippen molar-refractivity contribution in [3.05, 3.63) is 33.9 Å². The lowest BCUT2D eigenvalue weighted by molar-refractivity contribution is -0.383. The van der Waals surface area contributed by atoms with Crippen LogP contribution in [0.1, 0.15) is 24.8 Å². The van der Waals surface area contributed by atoms with Gasteiger partial charge in [0.2, 0.25) is 5.91 Å². The molecule has 0 radical (unpaired) electrons. The maximum atomic E-state index is 11.7. The lowest BCUT2D eigenvalue weighted by Crippen LogP contribution is -2.23. The molecule has 2 rings (SSSR count). The second kappa shape index (κ2) is 6.12. The molecule has 20 heavy (non-hydrogen) atoms. The van der Waals surface area contributed by atoms with Gasteiger partial charge in [-0.3, -0.25) is 14.9 Å². The van der Waals surface area contributed by atoms with Crippen LogP contribution >= 0.6 is 0 Å². The number of carbonyl (C=O) groups is 1. The van der Waals surface area contributed by atoms with Crippen LogP contribution in [-0.4, -0.2) is 23.4 Å². The number of hydrogen-bond acceptors (Lipinski definition) is 5. The molecule has 0 atom stereocenters. The van der Waals surface area contributed by atoms with E-state index < -0.39 is 4.92 Å². The Morgan fingerprint density at radius 3 is 2.85 bits per heavy atom. The number of nitro groups is 1. The van der Waals surface area contributed by atoms with Gasteiger partial charge in [-0.15, -0.1) is 0 Å². The van der Waals surface area contributed by atoms with Crippen molar-refractivity contribution < 1.29 is 9.72 Å². The highest BCUT2D eigenvalue weighted by atomic mass is 16.6. The number of benzene rings is 1. The molecule has 0 spiro atoms. The van der Waals surface area contributed by atoms with Crippen LogP contribution in [0.25, 0.3) is 0 Å². The third kappa shape index (κ3) is 3.76. The van der Waals surface area contributed by atoms with Crippen molar-refractivity contribution in [3.8, 4) is 6.07 Å². The summed E-state index contributed by atoms with van der Waals surface area (Å²) in [6.45, 7) is 0.556. The number of rotatable bonds is 6. The van der Waals surface area contributed by atoms with Gasteiger partial charge in [-0.2, -0.15) is 5.26 Å². The average Bonchev–Trinajstić information content (AvgIpc) is 3.23. The summed E-state index contributed by atoms with van der Waals surface area (Å²) >= 11 is 0. The summed E-state index contributed by atoms with van der Waals surface area (Å²) in [6, 6.07) is 6.31. The summed E-state index contributed by atoms with van der Waals surface area (Å²) in [5.74, 6) is -0.286. The van der Waals surface area contributed by atoms with E-state index in [0.29, 0.717) is 12.6 Å². The molecule has 104 valence electrons. The number of anilines is 1. The van der Waals surface area contributed by atoms with Crippen molar-refractivity contribution in [2.24, 2.45) is 0 Å². The molecule has 1 amide bonds. The Labute approximate surface area is 115 Å². The number of carbonyl (C=O) groups excluding carboxylic acids is 1. The average molecular weight is 274 g/mol. The van der Waals surface area contributed by atoms with Gasteiger partial charge >= 0.3 is 0 Å². The van der Waals surface area contributed by atoms with E-state index in [-0.39, 0.29) is 29.3 Å². The van der Waals surface area contributed by atoms with E-state index in [1.165, 1.54) is 12.1 Å². The molecular weight excluding hydrogens is 260 g/mol. The number of amides is 1. The molecule has 1 aliphatic carbocycles. The normalized spacial score (nSPS) is 13.6. The van der Waals surface area contributed by atoms with Gasteiger partial charge in [0, 0.05) is 25.1 Å².